The molecule has 1 N–H and O–H groups in total. The number of unbranched alkanes of at least 4 members (excludes halogenated alkanes) is 3. The van der Waals surface area contributed by atoms with Gasteiger partial charge in [0.05, 0.1) is 0 Å². The molecule has 0 aliphatic carbocycles. The molecule has 1 aliphatic rings. The molecule has 0 unspecified atom stereocenters. The lowest BCUT2D eigenvalue weighted by Gasteiger charge is -2.20. The van der Waals surface area contributed by atoms with Gasteiger partial charge in [-0.3, -0.25) is 0 Å². The summed E-state index contributed by atoms with van der Waals surface area (Å²) in [5.41, 5.74) is 3.48. The van der Waals surface area contributed by atoms with Crippen LogP contribution < -0.4 is 4.74 Å². The van der Waals surface area contributed by atoms with Crippen molar-refractivity contribution in [2.24, 2.45) is 0 Å². The number of ether oxygens (including phenoxy) is 1. The largest absolute Gasteiger partial charge is 0.508 e. The van der Waals surface area contributed by atoms with Crippen molar-refractivity contribution in [2.75, 3.05) is 0 Å². The van der Waals surface area contributed by atoms with Crippen molar-refractivity contribution in [3.05, 3.63) is 46.7 Å². The standard InChI is InChI=1S/C21H30O2/c1-4-5-6-10-17-14-20(22)19-13-12-18(23-21(19)15-17)11-8-7-9-16(2)3/h9,12,14-15,22H,4-8,10-11,13H2,1-3H3. The average Bonchev–Trinajstić information content (AvgIpc) is 2.51. The van der Waals surface area contributed by atoms with Gasteiger partial charge in [-0.2, -0.15) is 0 Å². The molecule has 0 amide bonds. The van der Waals surface area contributed by atoms with Gasteiger partial charge in [0.2, 0.25) is 0 Å². The van der Waals surface area contributed by atoms with Crippen molar-refractivity contribution in [3.8, 4) is 11.5 Å². The van der Waals surface area contributed by atoms with Crippen LogP contribution in [0.5, 0.6) is 11.5 Å². The van der Waals surface area contributed by atoms with Crippen LogP contribution in [-0.2, 0) is 12.8 Å². The van der Waals surface area contributed by atoms with Crippen LogP contribution in [-0.4, -0.2) is 5.11 Å². The van der Waals surface area contributed by atoms with E-state index in [-0.39, 0.29) is 0 Å². The summed E-state index contributed by atoms with van der Waals surface area (Å²) in [4.78, 5) is 0. The third kappa shape index (κ3) is 5.46. The molecule has 0 radical (unpaired) electrons. The highest BCUT2D eigenvalue weighted by atomic mass is 16.5. The minimum atomic E-state index is 0.383. The summed E-state index contributed by atoms with van der Waals surface area (Å²) < 4.78 is 6.05. The fraction of sp³-hybridized carbons (Fsp3) is 0.524. The van der Waals surface area contributed by atoms with E-state index in [2.05, 4.69) is 39.0 Å². The molecule has 2 rings (SSSR count). The van der Waals surface area contributed by atoms with E-state index in [0.717, 1.165) is 49.2 Å². The summed E-state index contributed by atoms with van der Waals surface area (Å²) in [5, 5.41) is 10.2. The SMILES string of the molecule is CCCCCc1cc(O)c2c(c1)OC(CCCC=C(C)C)=CC2. The van der Waals surface area contributed by atoms with Crippen molar-refractivity contribution in [3.63, 3.8) is 0 Å². The van der Waals surface area contributed by atoms with Gasteiger partial charge in [-0.15, -0.1) is 0 Å². The maximum absolute atomic E-state index is 10.2. The first kappa shape index (κ1) is 17.7. The van der Waals surface area contributed by atoms with Gasteiger partial charge >= 0.3 is 0 Å². The predicted molar refractivity (Wildman–Crippen MR) is 97.0 cm³/mol. The molecule has 0 bridgehead atoms. The van der Waals surface area contributed by atoms with Crippen LogP contribution in [0.3, 0.4) is 0 Å². The Morgan fingerprint density at radius 3 is 2.74 bits per heavy atom. The molecule has 126 valence electrons. The molecule has 1 aliphatic heterocycles. The Kier molecular flexibility index (Phi) is 6.76. The van der Waals surface area contributed by atoms with Gasteiger partial charge in [0.25, 0.3) is 0 Å². The quantitative estimate of drug-likeness (QED) is 0.465. The van der Waals surface area contributed by atoms with Gasteiger partial charge in [0.15, 0.2) is 0 Å². The number of hydrogen-bond donors (Lipinski definition) is 1. The molecule has 0 saturated carbocycles. The predicted octanol–water partition coefficient (Wildman–Crippen LogP) is 6.08. The minimum Gasteiger partial charge on any atom is -0.508 e. The van der Waals surface area contributed by atoms with Crippen LogP contribution in [0.25, 0.3) is 0 Å². The lowest BCUT2D eigenvalue weighted by atomic mass is 9.99. The monoisotopic (exact) mass is 314 g/mol. The Hall–Kier alpha value is -1.70. The molecule has 0 saturated heterocycles. The van der Waals surface area contributed by atoms with E-state index < -0.39 is 0 Å². The third-order valence-corrected chi connectivity index (χ3v) is 4.27. The summed E-state index contributed by atoms with van der Waals surface area (Å²) in [6.07, 6.45) is 12.9. The second-order valence-corrected chi connectivity index (χ2v) is 6.70. The molecule has 1 aromatic rings. The summed E-state index contributed by atoms with van der Waals surface area (Å²) in [6, 6.07) is 4.03. The Labute approximate surface area is 140 Å². The van der Waals surface area contributed by atoms with E-state index in [0.29, 0.717) is 5.75 Å². The summed E-state index contributed by atoms with van der Waals surface area (Å²) in [6.45, 7) is 6.48. The maximum Gasteiger partial charge on any atom is 0.134 e. The normalized spacial score (nSPS) is 13.1. The minimum absolute atomic E-state index is 0.383. The number of hydrogen-bond acceptors (Lipinski definition) is 2. The molecule has 1 aromatic carbocycles. The van der Waals surface area contributed by atoms with Crippen molar-refractivity contribution < 1.29 is 9.84 Å². The van der Waals surface area contributed by atoms with Crippen LogP contribution in [0.1, 0.15) is 70.4 Å². The van der Waals surface area contributed by atoms with Crippen molar-refractivity contribution in [1.82, 2.24) is 0 Å². The highest BCUT2D eigenvalue weighted by Gasteiger charge is 2.17. The fourth-order valence-corrected chi connectivity index (χ4v) is 2.92. The van der Waals surface area contributed by atoms with Gasteiger partial charge in [-0.05, 0) is 63.3 Å². The Bertz CT molecular complexity index is 578. The Morgan fingerprint density at radius 2 is 2.00 bits per heavy atom. The number of benzene rings is 1. The number of fused-ring (bicyclic) bond motifs is 1. The zero-order chi connectivity index (χ0) is 16.7. The van der Waals surface area contributed by atoms with Gasteiger partial charge in [0.1, 0.15) is 17.3 Å². The van der Waals surface area contributed by atoms with Crippen molar-refractivity contribution >= 4 is 0 Å². The Balaban J connectivity index is 1.96. The first-order chi connectivity index (χ1) is 11.1. The topological polar surface area (TPSA) is 29.5 Å². The smallest absolute Gasteiger partial charge is 0.134 e. The maximum atomic E-state index is 10.2. The summed E-state index contributed by atoms with van der Waals surface area (Å²) in [7, 11) is 0. The van der Waals surface area contributed by atoms with Crippen LogP contribution in [0.4, 0.5) is 0 Å². The third-order valence-electron chi connectivity index (χ3n) is 4.27. The number of aromatic hydroxyl groups is 1. The van der Waals surface area contributed by atoms with Gasteiger partial charge in [-0.1, -0.05) is 31.4 Å². The number of phenolic OH excluding ortho intramolecular Hbond substituents is 1. The molecule has 0 fully saturated rings. The molecule has 23 heavy (non-hydrogen) atoms. The molecule has 1 heterocycles. The second-order valence-electron chi connectivity index (χ2n) is 6.70. The lowest BCUT2D eigenvalue weighted by molar-refractivity contribution is 0.376. The number of phenols is 1. The molecular weight excluding hydrogens is 284 g/mol. The van der Waals surface area contributed by atoms with Crippen molar-refractivity contribution in [2.45, 2.75) is 72.1 Å². The molecule has 2 nitrogen and oxygen atoms in total. The second kappa shape index (κ2) is 8.81. The summed E-state index contributed by atoms with van der Waals surface area (Å²) in [5.74, 6) is 2.29. The zero-order valence-electron chi connectivity index (χ0n) is 14.8. The van der Waals surface area contributed by atoms with Crippen LogP contribution in [0.2, 0.25) is 0 Å². The van der Waals surface area contributed by atoms with E-state index in [9.17, 15) is 5.11 Å². The van der Waals surface area contributed by atoms with Crippen molar-refractivity contribution in [1.29, 1.82) is 0 Å². The first-order valence-corrected chi connectivity index (χ1v) is 8.95. The van der Waals surface area contributed by atoms with E-state index >= 15 is 0 Å². The number of rotatable bonds is 8. The van der Waals surface area contributed by atoms with E-state index in [4.69, 9.17) is 4.74 Å². The highest BCUT2D eigenvalue weighted by Crippen LogP contribution is 2.36. The lowest BCUT2D eigenvalue weighted by Crippen LogP contribution is -2.06. The van der Waals surface area contributed by atoms with E-state index in [1.165, 1.54) is 30.4 Å². The molecule has 0 aromatic heterocycles. The van der Waals surface area contributed by atoms with E-state index in [1.807, 2.05) is 6.07 Å². The fourth-order valence-electron chi connectivity index (χ4n) is 2.92. The van der Waals surface area contributed by atoms with Gasteiger partial charge < -0.3 is 9.84 Å². The molecule has 0 spiro atoms. The summed E-state index contributed by atoms with van der Waals surface area (Å²) >= 11 is 0. The van der Waals surface area contributed by atoms with Gasteiger partial charge in [0, 0.05) is 18.4 Å². The average molecular weight is 314 g/mol. The molecule has 2 heteroatoms. The first-order valence-electron chi connectivity index (χ1n) is 8.95. The van der Waals surface area contributed by atoms with Crippen LogP contribution >= 0.6 is 0 Å². The Morgan fingerprint density at radius 1 is 1.17 bits per heavy atom. The van der Waals surface area contributed by atoms with Crippen LogP contribution in [0, 0.1) is 0 Å². The van der Waals surface area contributed by atoms with Gasteiger partial charge in [-0.25, -0.2) is 0 Å². The highest BCUT2D eigenvalue weighted by molar-refractivity contribution is 5.50. The molecular formula is C21H30O2. The molecule has 0 atom stereocenters. The van der Waals surface area contributed by atoms with Crippen LogP contribution in [0.15, 0.2) is 35.6 Å². The zero-order valence-corrected chi connectivity index (χ0v) is 14.8. The van der Waals surface area contributed by atoms with E-state index in [1.54, 1.807) is 0 Å². The number of aryl methyl sites for hydroxylation is 1. The number of allylic oxidation sites excluding steroid dienone is 4.